The van der Waals surface area contributed by atoms with Gasteiger partial charge in [0.2, 0.25) is 5.91 Å². The summed E-state index contributed by atoms with van der Waals surface area (Å²) >= 11 is 1.15. The van der Waals surface area contributed by atoms with E-state index in [0.717, 1.165) is 11.3 Å². The van der Waals surface area contributed by atoms with Crippen LogP contribution >= 0.6 is 11.3 Å². The van der Waals surface area contributed by atoms with Crippen molar-refractivity contribution in [2.75, 3.05) is 10.6 Å². The smallest absolute Gasteiger partial charge is 0.266 e. The largest absolute Gasteiger partial charge is 0.457 e. The van der Waals surface area contributed by atoms with Gasteiger partial charge in [0.15, 0.2) is 0 Å². The average Bonchev–Trinajstić information content (AvgIpc) is 3.28. The molecule has 0 aliphatic rings. The number of aromatic nitrogens is 2. The number of benzene rings is 3. The number of anilines is 2. The summed E-state index contributed by atoms with van der Waals surface area (Å²) in [4.78, 5) is 44.4. The molecule has 1 atom stereocenters. The predicted octanol–water partition coefficient (Wildman–Crippen LogP) is 6.01. The van der Waals surface area contributed by atoms with Gasteiger partial charge < -0.3 is 15.4 Å². The Balaban J connectivity index is 1.32. The van der Waals surface area contributed by atoms with Crippen LogP contribution in [0.15, 0.2) is 96.1 Å². The van der Waals surface area contributed by atoms with Crippen LogP contribution in [0, 0.1) is 6.92 Å². The number of hydrogen-bond acceptors (Lipinski definition) is 6. The molecule has 5 aromatic rings. The van der Waals surface area contributed by atoms with Crippen molar-refractivity contribution in [2.45, 2.75) is 19.9 Å². The van der Waals surface area contributed by atoms with E-state index in [2.05, 4.69) is 15.6 Å². The molecule has 0 fully saturated rings. The molecule has 0 radical (unpaired) electrons. The molecule has 38 heavy (non-hydrogen) atoms. The Labute approximate surface area is 222 Å². The molecule has 5 rings (SSSR count). The SMILES string of the molecule is Cc1c(C(=O)Nc2ccccc2)sc2ncn(C(C)C(=O)Nc3ccc(Oc4ccccc4)cc3)c(=O)c12. The lowest BCUT2D eigenvalue weighted by atomic mass is 10.2. The number of nitrogens with zero attached hydrogens (tertiary/aromatic N) is 2. The Morgan fingerprint density at radius 3 is 2.16 bits per heavy atom. The normalized spacial score (nSPS) is 11.6. The molecule has 0 aliphatic carbocycles. The van der Waals surface area contributed by atoms with Gasteiger partial charge in [0.1, 0.15) is 22.4 Å². The molecule has 2 heterocycles. The van der Waals surface area contributed by atoms with Crippen molar-refractivity contribution >= 4 is 44.7 Å². The first kappa shape index (κ1) is 24.9. The van der Waals surface area contributed by atoms with Gasteiger partial charge in [-0.2, -0.15) is 0 Å². The number of ether oxygens (including phenoxy) is 1. The molecule has 2 amide bonds. The van der Waals surface area contributed by atoms with E-state index in [4.69, 9.17) is 4.74 Å². The van der Waals surface area contributed by atoms with Crippen LogP contribution in [0.4, 0.5) is 11.4 Å². The van der Waals surface area contributed by atoms with Crippen LogP contribution in [-0.4, -0.2) is 21.4 Å². The van der Waals surface area contributed by atoms with Crippen LogP contribution in [0.2, 0.25) is 0 Å². The van der Waals surface area contributed by atoms with E-state index in [1.165, 1.54) is 10.9 Å². The fourth-order valence-corrected chi connectivity index (χ4v) is 4.98. The zero-order valence-corrected chi connectivity index (χ0v) is 21.5. The highest BCUT2D eigenvalue weighted by Crippen LogP contribution is 2.28. The first-order chi connectivity index (χ1) is 18.4. The molecule has 0 aliphatic heterocycles. The molecule has 0 spiro atoms. The van der Waals surface area contributed by atoms with Crippen molar-refractivity contribution in [3.8, 4) is 11.5 Å². The number of carbonyl (C=O) groups is 2. The first-order valence-corrected chi connectivity index (χ1v) is 12.7. The van der Waals surface area contributed by atoms with Gasteiger partial charge in [-0.25, -0.2) is 4.98 Å². The van der Waals surface area contributed by atoms with Crippen LogP contribution in [0.1, 0.15) is 28.2 Å². The maximum absolute atomic E-state index is 13.4. The number of aryl methyl sites for hydroxylation is 1. The molecule has 1 unspecified atom stereocenters. The Bertz CT molecular complexity index is 1660. The Morgan fingerprint density at radius 1 is 0.868 bits per heavy atom. The topological polar surface area (TPSA) is 102 Å². The fourth-order valence-electron chi connectivity index (χ4n) is 3.94. The molecule has 9 heteroatoms. The summed E-state index contributed by atoms with van der Waals surface area (Å²) < 4.78 is 7.06. The molecular weight excluding hydrogens is 500 g/mol. The third kappa shape index (κ3) is 5.18. The first-order valence-electron chi connectivity index (χ1n) is 11.9. The zero-order chi connectivity index (χ0) is 26.6. The summed E-state index contributed by atoms with van der Waals surface area (Å²) in [5, 5.41) is 6.00. The minimum Gasteiger partial charge on any atom is -0.457 e. The highest BCUT2D eigenvalue weighted by molar-refractivity contribution is 7.20. The van der Waals surface area contributed by atoms with E-state index in [1.807, 2.05) is 48.5 Å². The van der Waals surface area contributed by atoms with Gasteiger partial charge >= 0.3 is 0 Å². The Kier molecular flexibility index (Phi) is 7.01. The minimum atomic E-state index is -0.833. The van der Waals surface area contributed by atoms with Crippen molar-refractivity contribution in [1.82, 2.24) is 9.55 Å². The quantitative estimate of drug-likeness (QED) is 0.271. The third-order valence-corrected chi connectivity index (χ3v) is 7.21. The van der Waals surface area contributed by atoms with E-state index in [-0.39, 0.29) is 17.4 Å². The van der Waals surface area contributed by atoms with Crippen LogP contribution < -0.4 is 20.9 Å². The number of amides is 2. The zero-order valence-electron chi connectivity index (χ0n) is 20.7. The molecule has 3 aromatic carbocycles. The number of para-hydroxylation sites is 2. The van der Waals surface area contributed by atoms with Crippen LogP contribution in [0.25, 0.3) is 10.2 Å². The van der Waals surface area contributed by atoms with Gasteiger partial charge in [-0.3, -0.25) is 19.0 Å². The highest BCUT2D eigenvalue weighted by Gasteiger charge is 2.23. The third-order valence-electron chi connectivity index (χ3n) is 6.01. The molecule has 0 saturated heterocycles. The monoisotopic (exact) mass is 524 g/mol. The fraction of sp³-hybridized carbons (Fsp3) is 0.103. The van der Waals surface area contributed by atoms with Gasteiger partial charge in [-0.1, -0.05) is 36.4 Å². The van der Waals surface area contributed by atoms with Crippen molar-refractivity contribution in [1.29, 1.82) is 0 Å². The number of nitrogens with one attached hydrogen (secondary N) is 2. The lowest BCUT2D eigenvalue weighted by Crippen LogP contribution is -2.31. The van der Waals surface area contributed by atoms with Crippen molar-refractivity contribution in [3.63, 3.8) is 0 Å². The van der Waals surface area contributed by atoms with E-state index in [0.29, 0.717) is 43.5 Å². The van der Waals surface area contributed by atoms with Gasteiger partial charge in [0.25, 0.3) is 11.5 Å². The molecule has 2 aromatic heterocycles. The van der Waals surface area contributed by atoms with Crippen molar-refractivity contribution < 1.29 is 14.3 Å². The highest BCUT2D eigenvalue weighted by atomic mass is 32.1. The molecular formula is C29H24N4O4S. The van der Waals surface area contributed by atoms with Crippen molar-refractivity contribution in [2.24, 2.45) is 0 Å². The predicted molar refractivity (Wildman–Crippen MR) is 149 cm³/mol. The van der Waals surface area contributed by atoms with Crippen LogP contribution in [0.5, 0.6) is 11.5 Å². The van der Waals surface area contributed by atoms with Crippen LogP contribution in [0.3, 0.4) is 0 Å². The average molecular weight is 525 g/mol. The molecule has 190 valence electrons. The molecule has 0 bridgehead atoms. The minimum absolute atomic E-state index is 0.312. The maximum Gasteiger partial charge on any atom is 0.266 e. The summed E-state index contributed by atoms with van der Waals surface area (Å²) in [7, 11) is 0. The summed E-state index contributed by atoms with van der Waals surface area (Å²) in [6.45, 7) is 3.35. The molecule has 2 N–H and O–H groups in total. The van der Waals surface area contributed by atoms with Gasteiger partial charge in [0.05, 0.1) is 16.6 Å². The van der Waals surface area contributed by atoms with Crippen LogP contribution in [-0.2, 0) is 4.79 Å². The van der Waals surface area contributed by atoms with Gasteiger partial charge in [-0.05, 0) is 67.9 Å². The number of rotatable bonds is 7. The van der Waals surface area contributed by atoms with Gasteiger partial charge in [-0.15, -0.1) is 11.3 Å². The van der Waals surface area contributed by atoms with E-state index in [9.17, 15) is 14.4 Å². The number of hydrogen-bond donors (Lipinski definition) is 2. The molecule has 8 nitrogen and oxygen atoms in total. The number of carbonyl (C=O) groups excluding carboxylic acids is 2. The maximum atomic E-state index is 13.4. The lowest BCUT2D eigenvalue weighted by molar-refractivity contribution is -0.118. The summed E-state index contributed by atoms with van der Waals surface area (Å²) in [5.41, 5.74) is 1.38. The standard InChI is InChI=1S/C29H24N4O4S/c1-18-24-28(38-25(18)27(35)32-20-9-5-3-6-10-20)30-17-33(29(24)36)19(2)26(34)31-21-13-15-23(16-14-21)37-22-11-7-4-8-12-22/h3-17,19H,1-2H3,(H,31,34)(H,32,35). The van der Waals surface area contributed by atoms with Gasteiger partial charge in [0, 0.05) is 11.4 Å². The summed E-state index contributed by atoms with van der Waals surface area (Å²) in [5.74, 6) is 0.658. The number of thiophene rings is 1. The van der Waals surface area contributed by atoms with E-state index >= 15 is 0 Å². The molecule has 0 saturated carbocycles. The second-order valence-corrected chi connectivity index (χ2v) is 9.62. The summed E-state index contributed by atoms with van der Waals surface area (Å²) in [6, 6.07) is 24.6. The Morgan fingerprint density at radius 2 is 1.47 bits per heavy atom. The summed E-state index contributed by atoms with van der Waals surface area (Å²) in [6.07, 6.45) is 1.35. The van der Waals surface area contributed by atoms with E-state index < -0.39 is 6.04 Å². The van der Waals surface area contributed by atoms with E-state index in [1.54, 1.807) is 50.2 Å². The lowest BCUT2D eigenvalue weighted by Gasteiger charge is -2.15. The Hall–Kier alpha value is -4.76. The second kappa shape index (κ2) is 10.7. The second-order valence-electron chi connectivity index (χ2n) is 8.62. The van der Waals surface area contributed by atoms with Crippen molar-refractivity contribution in [3.05, 3.63) is 112 Å². The number of fused-ring (bicyclic) bond motifs is 1.